The van der Waals surface area contributed by atoms with Gasteiger partial charge < -0.3 is 14.6 Å². The predicted octanol–water partition coefficient (Wildman–Crippen LogP) is 1.77. The van der Waals surface area contributed by atoms with Crippen LogP contribution >= 0.6 is 0 Å². The second kappa shape index (κ2) is 6.73. The first-order valence-electron chi connectivity index (χ1n) is 6.57. The van der Waals surface area contributed by atoms with E-state index in [0.717, 1.165) is 18.5 Å². The van der Waals surface area contributed by atoms with E-state index in [2.05, 4.69) is 10.5 Å². The van der Waals surface area contributed by atoms with Crippen molar-refractivity contribution < 1.29 is 17.7 Å². The third-order valence-corrected chi connectivity index (χ3v) is 3.89. The highest BCUT2D eigenvalue weighted by molar-refractivity contribution is 7.90. The molecule has 0 fully saturated rings. The Hall–Kier alpha value is -1.86. The predicted molar refractivity (Wildman–Crippen MR) is 77.8 cm³/mol. The average Bonchev–Trinajstić information content (AvgIpc) is 2.90. The summed E-state index contributed by atoms with van der Waals surface area (Å²) in [7, 11) is -3.24. The highest BCUT2D eigenvalue weighted by Crippen LogP contribution is 2.18. The van der Waals surface area contributed by atoms with Gasteiger partial charge in [0.1, 0.15) is 12.4 Å². The van der Waals surface area contributed by atoms with Crippen LogP contribution in [-0.4, -0.2) is 26.4 Å². The maximum Gasteiger partial charge on any atom is 0.175 e. The molecule has 21 heavy (non-hydrogen) atoms. The van der Waals surface area contributed by atoms with Crippen LogP contribution < -0.4 is 10.1 Å². The minimum absolute atomic E-state index is 0.201. The van der Waals surface area contributed by atoms with Gasteiger partial charge in [-0.05, 0) is 24.7 Å². The second-order valence-electron chi connectivity index (χ2n) is 4.60. The minimum Gasteiger partial charge on any atom is -0.486 e. The number of benzene rings is 1. The molecule has 0 saturated heterocycles. The van der Waals surface area contributed by atoms with Gasteiger partial charge in [-0.2, -0.15) is 0 Å². The van der Waals surface area contributed by atoms with Gasteiger partial charge in [0, 0.05) is 18.9 Å². The number of ether oxygens (including phenoxy) is 1. The first-order valence-corrected chi connectivity index (χ1v) is 8.46. The van der Waals surface area contributed by atoms with Crippen LogP contribution in [0.5, 0.6) is 5.75 Å². The monoisotopic (exact) mass is 310 g/mol. The molecule has 0 radical (unpaired) electrons. The SMILES string of the molecule is CCNCc1cc(COc2cccc(S(C)(=O)=O)c2)on1. The van der Waals surface area contributed by atoms with Gasteiger partial charge in [-0.15, -0.1) is 0 Å². The molecule has 1 aromatic carbocycles. The summed E-state index contributed by atoms with van der Waals surface area (Å²) in [6, 6.07) is 8.17. The molecule has 1 N–H and O–H groups in total. The standard InChI is InChI=1S/C14H18N2O4S/c1-3-15-9-11-7-13(20-16-11)10-19-12-5-4-6-14(8-12)21(2,17)18/h4-8,15H,3,9-10H2,1-2H3. The summed E-state index contributed by atoms with van der Waals surface area (Å²) in [4.78, 5) is 0.227. The molecule has 0 atom stereocenters. The first-order chi connectivity index (χ1) is 9.99. The van der Waals surface area contributed by atoms with Gasteiger partial charge >= 0.3 is 0 Å². The van der Waals surface area contributed by atoms with Crippen molar-refractivity contribution >= 4 is 9.84 Å². The molecule has 0 spiro atoms. The van der Waals surface area contributed by atoms with E-state index in [4.69, 9.17) is 9.26 Å². The molecule has 114 valence electrons. The number of hydrogen-bond donors (Lipinski definition) is 1. The Balaban J connectivity index is 1.98. The smallest absolute Gasteiger partial charge is 0.175 e. The molecule has 0 bridgehead atoms. The van der Waals surface area contributed by atoms with Crippen molar-refractivity contribution in [2.45, 2.75) is 25.0 Å². The van der Waals surface area contributed by atoms with Gasteiger partial charge in [0.25, 0.3) is 0 Å². The summed E-state index contributed by atoms with van der Waals surface area (Å²) in [6.07, 6.45) is 1.16. The van der Waals surface area contributed by atoms with Crippen LogP contribution in [0.2, 0.25) is 0 Å². The van der Waals surface area contributed by atoms with E-state index in [1.807, 2.05) is 13.0 Å². The summed E-state index contributed by atoms with van der Waals surface area (Å²) in [5, 5.41) is 7.06. The van der Waals surface area contributed by atoms with Crippen LogP contribution in [0.15, 0.2) is 39.8 Å². The Morgan fingerprint density at radius 1 is 1.33 bits per heavy atom. The number of nitrogens with zero attached hydrogens (tertiary/aromatic N) is 1. The number of rotatable bonds is 7. The summed E-state index contributed by atoms with van der Waals surface area (Å²) in [5.41, 5.74) is 0.806. The Labute approximate surface area is 124 Å². The van der Waals surface area contributed by atoms with Crippen molar-refractivity contribution in [3.05, 3.63) is 41.8 Å². The molecule has 1 heterocycles. The van der Waals surface area contributed by atoms with E-state index in [1.54, 1.807) is 12.1 Å². The zero-order chi connectivity index (χ0) is 15.3. The van der Waals surface area contributed by atoms with Crippen LogP contribution in [0.4, 0.5) is 0 Å². The van der Waals surface area contributed by atoms with E-state index in [9.17, 15) is 8.42 Å². The quantitative estimate of drug-likeness (QED) is 0.839. The van der Waals surface area contributed by atoms with Gasteiger partial charge in [0.15, 0.2) is 15.6 Å². The Morgan fingerprint density at radius 3 is 2.86 bits per heavy atom. The zero-order valence-electron chi connectivity index (χ0n) is 12.0. The third kappa shape index (κ3) is 4.57. The largest absolute Gasteiger partial charge is 0.486 e. The summed E-state index contributed by atoms with van der Waals surface area (Å²) in [6.45, 7) is 3.71. The number of hydrogen-bond acceptors (Lipinski definition) is 6. The van der Waals surface area contributed by atoms with Crippen molar-refractivity contribution in [2.24, 2.45) is 0 Å². The summed E-state index contributed by atoms with van der Waals surface area (Å²) >= 11 is 0. The normalized spacial score (nSPS) is 11.5. The molecular formula is C14H18N2O4S. The van der Waals surface area contributed by atoms with E-state index in [1.165, 1.54) is 12.1 Å². The van der Waals surface area contributed by atoms with Crippen LogP contribution in [0.1, 0.15) is 18.4 Å². The van der Waals surface area contributed by atoms with E-state index < -0.39 is 9.84 Å². The molecule has 2 aromatic rings. The molecule has 0 amide bonds. The van der Waals surface area contributed by atoms with Gasteiger partial charge in [-0.1, -0.05) is 18.1 Å². The molecule has 0 saturated carbocycles. The number of aromatic nitrogens is 1. The maximum absolute atomic E-state index is 11.5. The van der Waals surface area contributed by atoms with Crippen LogP contribution in [-0.2, 0) is 23.0 Å². The Kier molecular flexibility index (Phi) is 4.98. The molecule has 1 aromatic heterocycles. The second-order valence-corrected chi connectivity index (χ2v) is 6.62. The van der Waals surface area contributed by atoms with Crippen molar-refractivity contribution in [3.63, 3.8) is 0 Å². The summed E-state index contributed by atoms with van der Waals surface area (Å²) in [5.74, 6) is 1.07. The summed E-state index contributed by atoms with van der Waals surface area (Å²) < 4.78 is 33.6. The topological polar surface area (TPSA) is 81.4 Å². The molecule has 6 nitrogen and oxygen atoms in total. The number of sulfone groups is 1. The van der Waals surface area contributed by atoms with Crippen molar-refractivity contribution in [1.29, 1.82) is 0 Å². The van der Waals surface area contributed by atoms with Crippen LogP contribution in [0.25, 0.3) is 0 Å². The van der Waals surface area contributed by atoms with Gasteiger partial charge in [-0.25, -0.2) is 8.42 Å². The lowest BCUT2D eigenvalue weighted by atomic mass is 10.3. The highest BCUT2D eigenvalue weighted by Gasteiger charge is 2.09. The Morgan fingerprint density at radius 2 is 2.14 bits per heavy atom. The fraction of sp³-hybridized carbons (Fsp3) is 0.357. The first kappa shape index (κ1) is 15.5. The molecule has 0 aliphatic rings. The van der Waals surface area contributed by atoms with Crippen LogP contribution in [0.3, 0.4) is 0 Å². The van der Waals surface area contributed by atoms with Crippen molar-refractivity contribution in [1.82, 2.24) is 10.5 Å². The zero-order valence-corrected chi connectivity index (χ0v) is 12.8. The fourth-order valence-corrected chi connectivity index (χ4v) is 2.37. The third-order valence-electron chi connectivity index (χ3n) is 2.78. The molecule has 2 rings (SSSR count). The van der Waals surface area contributed by atoms with Crippen molar-refractivity contribution in [2.75, 3.05) is 12.8 Å². The average molecular weight is 310 g/mol. The fourth-order valence-electron chi connectivity index (χ4n) is 1.71. The van der Waals surface area contributed by atoms with Gasteiger partial charge in [-0.3, -0.25) is 0 Å². The lowest BCUT2D eigenvalue weighted by Gasteiger charge is -2.05. The van der Waals surface area contributed by atoms with Gasteiger partial charge in [0.05, 0.1) is 10.6 Å². The number of nitrogens with one attached hydrogen (secondary N) is 1. The molecule has 0 aliphatic carbocycles. The molecule has 0 aliphatic heterocycles. The lowest BCUT2D eigenvalue weighted by molar-refractivity contribution is 0.248. The van der Waals surface area contributed by atoms with Crippen molar-refractivity contribution in [3.8, 4) is 5.75 Å². The van der Waals surface area contributed by atoms with E-state index in [0.29, 0.717) is 18.1 Å². The molecule has 7 heteroatoms. The molecular weight excluding hydrogens is 292 g/mol. The van der Waals surface area contributed by atoms with E-state index in [-0.39, 0.29) is 11.5 Å². The minimum atomic E-state index is -3.24. The maximum atomic E-state index is 11.5. The highest BCUT2D eigenvalue weighted by atomic mass is 32.2. The lowest BCUT2D eigenvalue weighted by Crippen LogP contribution is -2.11. The van der Waals surface area contributed by atoms with E-state index >= 15 is 0 Å². The van der Waals surface area contributed by atoms with Gasteiger partial charge in [0.2, 0.25) is 0 Å². The van der Waals surface area contributed by atoms with Crippen LogP contribution in [0, 0.1) is 0 Å². The molecule has 0 unspecified atom stereocenters. The Bertz CT molecular complexity index is 695.